The van der Waals surface area contributed by atoms with Gasteiger partial charge in [-0.15, -0.1) is 0 Å². The zero-order valence-electron chi connectivity index (χ0n) is 8.28. The Morgan fingerprint density at radius 2 is 2.24 bits per heavy atom. The summed E-state index contributed by atoms with van der Waals surface area (Å²) in [4.78, 5) is 15.0. The summed E-state index contributed by atoms with van der Waals surface area (Å²) in [5.41, 5.74) is 5.75. The number of halogens is 2. The number of carboxylic acids is 1. The molecule has 0 fully saturated rings. The van der Waals surface area contributed by atoms with E-state index in [4.69, 9.17) is 10.8 Å². The molecule has 0 saturated heterocycles. The van der Waals surface area contributed by atoms with Gasteiger partial charge in [0.2, 0.25) is 0 Å². The van der Waals surface area contributed by atoms with E-state index in [9.17, 15) is 9.18 Å². The lowest BCUT2D eigenvalue weighted by Crippen LogP contribution is -1.99. The van der Waals surface area contributed by atoms with Crippen molar-refractivity contribution in [1.29, 1.82) is 0 Å². The van der Waals surface area contributed by atoms with E-state index in [1.807, 2.05) is 0 Å². The van der Waals surface area contributed by atoms with Crippen molar-refractivity contribution in [2.24, 2.45) is 0 Å². The summed E-state index contributed by atoms with van der Waals surface area (Å²) < 4.78 is 13.7. The van der Waals surface area contributed by atoms with E-state index < -0.39 is 11.8 Å². The number of rotatable bonds is 2. The van der Waals surface area contributed by atoms with E-state index in [2.05, 4.69) is 20.9 Å². The van der Waals surface area contributed by atoms with Gasteiger partial charge in [-0.2, -0.15) is 0 Å². The molecular formula is C10H6BrFN2O2S. The van der Waals surface area contributed by atoms with E-state index in [0.717, 1.165) is 11.3 Å². The monoisotopic (exact) mass is 316 g/mol. The Morgan fingerprint density at radius 1 is 1.53 bits per heavy atom. The third-order valence-electron chi connectivity index (χ3n) is 2.03. The average molecular weight is 317 g/mol. The van der Waals surface area contributed by atoms with Crippen molar-refractivity contribution in [2.75, 3.05) is 5.73 Å². The fourth-order valence-corrected chi connectivity index (χ4v) is 2.38. The normalized spacial score (nSPS) is 10.5. The second-order valence-corrected chi connectivity index (χ2v) is 5.05. The number of hydrogen-bond acceptors (Lipinski definition) is 4. The van der Waals surface area contributed by atoms with Crippen molar-refractivity contribution in [1.82, 2.24) is 4.98 Å². The number of anilines is 1. The summed E-state index contributed by atoms with van der Waals surface area (Å²) in [6.45, 7) is 0. The van der Waals surface area contributed by atoms with Crippen LogP contribution in [-0.2, 0) is 0 Å². The molecule has 88 valence electrons. The highest BCUT2D eigenvalue weighted by molar-refractivity contribution is 9.10. The molecule has 2 aromatic rings. The number of nitrogens with zero attached hydrogens (tertiary/aromatic N) is 1. The largest absolute Gasteiger partial charge is 0.476 e. The number of aromatic carboxylic acids is 1. The lowest BCUT2D eigenvalue weighted by molar-refractivity contribution is 0.0692. The molecule has 4 nitrogen and oxygen atoms in total. The summed E-state index contributed by atoms with van der Waals surface area (Å²) in [6, 6.07) is 4.35. The number of hydrogen-bond donors (Lipinski definition) is 2. The maximum absolute atomic E-state index is 13.4. The highest BCUT2D eigenvalue weighted by Gasteiger charge is 2.18. The topological polar surface area (TPSA) is 76.2 Å². The van der Waals surface area contributed by atoms with Gasteiger partial charge in [0.15, 0.2) is 10.8 Å². The van der Waals surface area contributed by atoms with Crippen LogP contribution in [0.3, 0.4) is 0 Å². The molecule has 0 saturated carbocycles. The quantitative estimate of drug-likeness (QED) is 0.893. The molecule has 7 heteroatoms. The lowest BCUT2D eigenvalue weighted by atomic mass is 10.1. The summed E-state index contributed by atoms with van der Waals surface area (Å²) in [6.07, 6.45) is 0. The number of aromatic nitrogens is 1. The van der Waals surface area contributed by atoms with Crippen LogP contribution in [-0.4, -0.2) is 16.1 Å². The van der Waals surface area contributed by atoms with Crippen LogP contribution in [0.15, 0.2) is 22.7 Å². The fraction of sp³-hybridized carbons (Fsp3) is 0. The fourth-order valence-electron chi connectivity index (χ4n) is 1.31. The smallest absolute Gasteiger partial charge is 0.356 e. The molecule has 0 bridgehead atoms. The van der Waals surface area contributed by atoms with E-state index in [1.165, 1.54) is 12.1 Å². The molecule has 0 aliphatic carbocycles. The maximum atomic E-state index is 13.4. The standard InChI is InChI=1S/C10H6BrFN2O2S/c11-5-2-1-4(3-6(5)12)8-7(9(15)16)14-10(13)17-8/h1-3H,(H2,13,14)(H,15,16). The summed E-state index contributed by atoms with van der Waals surface area (Å²) >= 11 is 4.04. The Balaban J connectivity index is 2.59. The third-order valence-corrected chi connectivity index (χ3v) is 3.60. The average Bonchev–Trinajstić information content (AvgIpc) is 2.64. The van der Waals surface area contributed by atoms with Crippen molar-refractivity contribution in [2.45, 2.75) is 0 Å². The number of carboxylic acid groups (broad SMARTS) is 1. The summed E-state index contributed by atoms with van der Waals surface area (Å²) in [5.74, 6) is -1.65. The predicted molar refractivity (Wildman–Crippen MR) is 66.6 cm³/mol. The van der Waals surface area contributed by atoms with Gasteiger partial charge >= 0.3 is 5.97 Å². The maximum Gasteiger partial charge on any atom is 0.356 e. The Morgan fingerprint density at radius 3 is 2.82 bits per heavy atom. The van der Waals surface area contributed by atoms with Crippen molar-refractivity contribution < 1.29 is 14.3 Å². The van der Waals surface area contributed by atoms with E-state index in [-0.39, 0.29) is 10.8 Å². The van der Waals surface area contributed by atoms with E-state index in [1.54, 1.807) is 6.07 Å². The van der Waals surface area contributed by atoms with Gasteiger partial charge in [0.1, 0.15) is 5.82 Å². The van der Waals surface area contributed by atoms with Gasteiger partial charge < -0.3 is 10.8 Å². The second-order valence-electron chi connectivity index (χ2n) is 3.16. The van der Waals surface area contributed by atoms with Crippen LogP contribution < -0.4 is 5.73 Å². The molecule has 0 atom stereocenters. The molecule has 3 N–H and O–H groups in total. The SMILES string of the molecule is Nc1nc(C(=O)O)c(-c2ccc(Br)c(F)c2)s1. The van der Waals surface area contributed by atoms with Gasteiger partial charge in [-0.05, 0) is 33.6 Å². The van der Waals surface area contributed by atoms with Crippen LogP contribution in [0.5, 0.6) is 0 Å². The zero-order valence-corrected chi connectivity index (χ0v) is 10.7. The number of nitrogen functional groups attached to an aromatic ring is 1. The molecular weight excluding hydrogens is 311 g/mol. The number of benzene rings is 1. The Bertz CT molecular complexity index is 600. The predicted octanol–water partition coefficient (Wildman–Crippen LogP) is 2.99. The zero-order chi connectivity index (χ0) is 12.6. The van der Waals surface area contributed by atoms with Gasteiger partial charge in [0.05, 0.1) is 9.35 Å². The highest BCUT2D eigenvalue weighted by atomic mass is 79.9. The van der Waals surface area contributed by atoms with Crippen molar-refractivity contribution in [3.05, 3.63) is 34.2 Å². The molecule has 1 heterocycles. The van der Waals surface area contributed by atoms with Gasteiger partial charge in [0, 0.05) is 0 Å². The minimum absolute atomic E-state index is 0.140. The van der Waals surface area contributed by atoms with Crippen LogP contribution in [0.1, 0.15) is 10.5 Å². The molecule has 0 amide bonds. The molecule has 0 aliphatic rings. The number of carbonyl (C=O) groups is 1. The van der Waals surface area contributed by atoms with Crippen molar-refractivity contribution in [3.63, 3.8) is 0 Å². The Labute approximate surface area is 108 Å². The van der Waals surface area contributed by atoms with Crippen LogP contribution in [0.2, 0.25) is 0 Å². The van der Waals surface area contributed by atoms with Crippen LogP contribution in [0.4, 0.5) is 9.52 Å². The van der Waals surface area contributed by atoms with Crippen LogP contribution in [0.25, 0.3) is 10.4 Å². The van der Waals surface area contributed by atoms with Gasteiger partial charge in [0.25, 0.3) is 0 Å². The molecule has 1 aromatic heterocycles. The lowest BCUT2D eigenvalue weighted by Gasteiger charge is -2.00. The molecule has 0 radical (unpaired) electrons. The van der Waals surface area contributed by atoms with E-state index in [0.29, 0.717) is 14.9 Å². The highest BCUT2D eigenvalue weighted by Crippen LogP contribution is 2.33. The van der Waals surface area contributed by atoms with E-state index >= 15 is 0 Å². The Kier molecular flexibility index (Phi) is 3.12. The molecule has 2 rings (SSSR count). The molecule has 0 unspecified atom stereocenters. The van der Waals surface area contributed by atoms with Gasteiger partial charge in [-0.3, -0.25) is 0 Å². The first-order valence-corrected chi connectivity index (χ1v) is 6.05. The molecule has 0 aliphatic heterocycles. The van der Waals surface area contributed by atoms with Crippen LogP contribution in [0, 0.1) is 5.82 Å². The third kappa shape index (κ3) is 2.29. The number of thiazole rings is 1. The van der Waals surface area contributed by atoms with Crippen molar-refractivity contribution in [3.8, 4) is 10.4 Å². The van der Waals surface area contributed by atoms with Crippen LogP contribution >= 0.6 is 27.3 Å². The first-order valence-electron chi connectivity index (χ1n) is 4.44. The van der Waals surface area contributed by atoms with Gasteiger partial charge in [-0.25, -0.2) is 14.2 Å². The first kappa shape index (κ1) is 12.0. The first-order chi connectivity index (χ1) is 7.99. The summed E-state index contributed by atoms with van der Waals surface area (Å²) in [7, 11) is 0. The number of nitrogens with two attached hydrogens (primary N) is 1. The second kappa shape index (κ2) is 4.42. The minimum Gasteiger partial charge on any atom is -0.476 e. The molecule has 1 aromatic carbocycles. The van der Waals surface area contributed by atoms with Crippen molar-refractivity contribution >= 4 is 38.4 Å². The van der Waals surface area contributed by atoms with Gasteiger partial charge in [-0.1, -0.05) is 17.4 Å². The molecule has 17 heavy (non-hydrogen) atoms. The minimum atomic E-state index is -1.18. The molecule has 0 spiro atoms. The Hall–Kier alpha value is -1.47. The summed E-state index contributed by atoms with van der Waals surface area (Å²) in [5, 5.41) is 9.09.